The monoisotopic (exact) mass is 238 g/mol. The Kier molecular flexibility index (Phi) is 4.94. The van der Waals surface area contributed by atoms with Crippen LogP contribution in [0, 0.1) is 0 Å². The highest BCUT2D eigenvalue weighted by Gasteiger charge is 2.20. The topological polar surface area (TPSA) is 52.0 Å². The lowest BCUT2D eigenvalue weighted by atomic mass is 10.4. The third-order valence-corrected chi connectivity index (χ3v) is 2.82. The van der Waals surface area contributed by atoms with E-state index in [0.717, 1.165) is 38.5 Å². The Balaban J connectivity index is 1.59. The molecule has 0 unspecified atom stereocenters. The summed E-state index contributed by atoms with van der Waals surface area (Å²) in [6.07, 6.45) is 6.69. The minimum atomic E-state index is 0.708. The fourth-order valence-electron chi connectivity index (χ4n) is 1.55. The number of rotatable bonds is 9. The number of hydrogen-bond donors (Lipinski definition) is 1. The predicted octanol–water partition coefficient (Wildman–Crippen LogP) is 1.35. The van der Waals surface area contributed by atoms with Crippen LogP contribution < -0.4 is 5.32 Å². The fourth-order valence-corrected chi connectivity index (χ4v) is 1.55. The van der Waals surface area contributed by atoms with Crippen molar-refractivity contribution in [2.45, 2.75) is 51.7 Å². The van der Waals surface area contributed by atoms with Crippen LogP contribution >= 0.6 is 0 Å². The molecule has 1 N–H and O–H groups in total. The molecule has 1 aliphatic carbocycles. The number of ether oxygens (including phenoxy) is 1. The van der Waals surface area contributed by atoms with Crippen molar-refractivity contribution in [3.8, 4) is 0 Å². The van der Waals surface area contributed by atoms with E-state index < -0.39 is 0 Å². The van der Waals surface area contributed by atoms with Crippen molar-refractivity contribution < 1.29 is 4.74 Å². The van der Waals surface area contributed by atoms with E-state index >= 15 is 0 Å². The van der Waals surface area contributed by atoms with E-state index in [1.165, 1.54) is 19.3 Å². The molecule has 1 saturated carbocycles. The Morgan fingerprint density at radius 2 is 2.35 bits per heavy atom. The summed E-state index contributed by atoms with van der Waals surface area (Å²) in [5.41, 5.74) is 0. The van der Waals surface area contributed by atoms with Gasteiger partial charge < -0.3 is 10.1 Å². The Bertz CT molecular complexity index is 322. The van der Waals surface area contributed by atoms with Gasteiger partial charge in [0, 0.05) is 12.6 Å². The summed E-state index contributed by atoms with van der Waals surface area (Å²) in [7, 11) is 0. The lowest BCUT2D eigenvalue weighted by Gasteiger charge is -2.02. The minimum absolute atomic E-state index is 0.708. The van der Waals surface area contributed by atoms with Crippen LogP contribution in [0.4, 0.5) is 0 Å². The standard InChI is InChI=1S/C12H22N4O/c1-2-3-7-17-8-6-16-10-14-12(15-16)9-13-11-4-5-11/h10-11,13H,2-9H2,1H3. The molecule has 5 heteroatoms. The molecule has 0 bridgehead atoms. The molecule has 0 aromatic carbocycles. The van der Waals surface area contributed by atoms with Crippen LogP contribution in [0.5, 0.6) is 0 Å². The minimum Gasteiger partial charge on any atom is -0.380 e. The van der Waals surface area contributed by atoms with E-state index in [0.29, 0.717) is 6.04 Å². The molecule has 5 nitrogen and oxygen atoms in total. The molecule has 0 atom stereocenters. The molecule has 1 aromatic heterocycles. The zero-order valence-corrected chi connectivity index (χ0v) is 10.6. The molecule has 0 spiro atoms. The van der Waals surface area contributed by atoms with E-state index in [1.807, 2.05) is 4.68 Å². The van der Waals surface area contributed by atoms with Crippen LogP contribution in [0.1, 0.15) is 38.4 Å². The van der Waals surface area contributed by atoms with Crippen LogP contribution in [0.2, 0.25) is 0 Å². The Labute approximate surface area is 103 Å². The highest BCUT2D eigenvalue weighted by Crippen LogP contribution is 2.18. The summed E-state index contributed by atoms with van der Waals surface area (Å²) in [6.45, 7) is 5.31. The van der Waals surface area contributed by atoms with Gasteiger partial charge >= 0.3 is 0 Å². The van der Waals surface area contributed by atoms with Gasteiger partial charge in [0.15, 0.2) is 5.82 Å². The van der Waals surface area contributed by atoms with Crippen molar-refractivity contribution in [1.82, 2.24) is 20.1 Å². The van der Waals surface area contributed by atoms with E-state index in [2.05, 4.69) is 22.3 Å². The van der Waals surface area contributed by atoms with Gasteiger partial charge in [0.1, 0.15) is 6.33 Å². The van der Waals surface area contributed by atoms with Gasteiger partial charge in [0.05, 0.1) is 19.7 Å². The molecule has 1 aliphatic rings. The quantitative estimate of drug-likeness (QED) is 0.660. The smallest absolute Gasteiger partial charge is 0.164 e. The molecule has 1 aromatic rings. The fraction of sp³-hybridized carbons (Fsp3) is 0.833. The maximum absolute atomic E-state index is 5.49. The molecular formula is C12H22N4O. The average molecular weight is 238 g/mol. The Hall–Kier alpha value is -0.940. The maximum Gasteiger partial charge on any atom is 0.164 e. The molecule has 1 fully saturated rings. The highest BCUT2D eigenvalue weighted by atomic mass is 16.5. The zero-order valence-electron chi connectivity index (χ0n) is 10.6. The van der Waals surface area contributed by atoms with Gasteiger partial charge in [-0.2, -0.15) is 5.10 Å². The van der Waals surface area contributed by atoms with Gasteiger partial charge in [0.2, 0.25) is 0 Å². The van der Waals surface area contributed by atoms with Crippen LogP contribution in [-0.4, -0.2) is 34.0 Å². The van der Waals surface area contributed by atoms with Crippen LogP contribution in [0.25, 0.3) is 0 Å². The van der Waals surface area contributed by atoms with Gasteiger partial charge in [-0.3, -0.25) is 4.68 Å². The molecule has 17 heavy (non-hydrogen) atoms. The summed E-state index contributed by atoms with van der Waals surface area (Å²) in [5.74, 6) is 0.880. The zero-order chi connectivity index (χ0) is 11.9. The first-order valence-corrected chi connectivity index (χ1v) is 6.58. The van der Waals surface area contributed by atoms with Crippen molar-refractivity contribution in [2.75, 3.05) is 13.2 Å². The number of nitrogens with one attached hydrogen (secondary N) is 1. The van der Waals surface area contributed by atoms with E-state index in [1.54, 1.807) is 6.33 Å². The molecule has 2 rings (SSSR count). The van der Waals surface area contributed by atoms with Gasteiger partial charge in [-0.1, -0.05) is 13.3 Å². The summed E-state index contributed by atoms with van der Waals surface area (Å²) in [4.78, 5) is 4.26. The maximum atomic E-state index is 5.49. The molecule has 0 aliphatic heterocycles. The highest BCUT2D eigenvalue weighted by molar-refractivity contribution is 4.86. The van der Waals surface area contributed by atoms with Crippen molar-refractivity contribution in [2.24, 2.45) is 0 Å². The Morgan fingerprint density at radius 1 is 1.47 bits per heavy atom. The Morgan fingerprint density at radius 3 is 3.12 bits per heavy atom. The average Bonchev–Trinajstić information content (AvgIpc) is 3.06. The van der Waals surface area contributed by atoms with E-state index in [9.17, 15) is 0 Å². The second-order valence-electron chi connectivity index (χ2n) is 4.54. The normalized spacial score (nSPS) is 15.4. The summed E-state index contributed by atoms with van der Waals surface area (Å²) in [6, 6.07) is 0.708. The summed E-state index contributed by atoms with van der Waals surface area (Å²) < 4.78 is 7.35. The van der Waals surface area contributed by atoms with Crippen molar-refractivity contribution in [1.29, 1.82) is 0 Å². The van der Waals surface area contributed by atoms with E-state index in [4.69, 9.17) is 4.74 Å². The van der Waals surface area contributed by atoms with Crippen molar-refractivity contribution in [3.05, 3.63) is 12.2 Å². The lowest BCUT2D eigenvalue weighted by molar-refractivity contribution is 0.121. The number of aromatic nitrogens is 3. The number of unbranched alkanes of at least 4 members (excludes halogenated alkanes) is 1. The second kappa shape index (κ2) is 6.71. The summed E-state index contributed by atoms with van der Waals surface area (Å²) >= 11 is 0. The predicted molar refractivity (Wildman–Crippen MR) is 65.6 cm³/mol. The van der Waals surface area contributed by atoms with Gasteiger partial charge in [-0.25, -0.2) is 4.98 Å². The molecule has 1 heterocycles. The molecule has 96 valence electrons. The summed E-state index contributed by atoms with van der Waals surface area (Å²) in [5, 5.41) is 7.79. The molecule has 0 radical (unpaired) electrons. The number of hydrogen-bond acceptors (Lipinski definition) is 4. The van der Waals surface area contributed by atoms with Gasteiger partial charge in [-0.05, 0) is 19.3 Å². The first-order valence-electron chi connectivity index (χ1n) is 6.58. The first kappa shape index (κ1) is 12.5. The van der Waals surface area contributed by atoms with Gasteiger partial charge in [0.25, 0.3) is 0 Å². The van der Waals surface area contributed by atoms with Gasteiger partial charge in [-0.15, -0.1) is 0 Å². The van der Waals surface area contributed by atoms with Crippen molar-refractivity contribution >= 4 is 0 Å². The second-order valence-corrected chi connectivity index (χ2v) is 4.54. The largest absolute Gasteiger partial charge is 0.380 e. The molecule has 0 amide bonds. The van der Waals surface area contributed by atoms with Crippen LogP contribution in [0.3, 0.4) is 0 Å². The van der Waals surface area contributed by atoms with Crippen LogP contribution in [-0.2, 0) is 17.8 Å². The first-order chi connectivity index (χ1) is 8.38. The third kappa shape index (κ3) is 4.83. The third-order valence-electron chi connectivity index (χ3n) is 2.82. The SMILES string of the molecule is CCCCOCCn1cnc(CNC2CC2)n1. The molecule has 0 saturated heterocycles. The molecular weight excluding hydrogens is 216 g/mol. The van der Waals surface area contributed by atoms with Crippen LogP contribution in [0.15, 0.2) is 6.33 Å². The lowest BCUT2D eigenvalue weighted by Crippen LogP contribution is -2.16. The number of nitrogens with zero attached hydrogens (tertiary/aromatic N) is 3. The van der Waals surface area contributed by atoms with Crippen molar-refractivity contribution in [3.63, 3.8) is 0 Å². The van der Waals surface area contributed by atoms with E-state index in [-0.39, 0.29) is 0 Å².